The molecule has 0 bridgehead atoms. The van der Waals surface area contributed by atoms with Crippen LogP contribution in [0.5, 0.6) is 0 Å². The molecule has 0 unspecified atom stereocenters. The van der Waals surface area contributed by atoms with Gasteiger partial charge >= 0.3 is 5.69 Å². The average Bonchev–Trinajstić information content (AvgIpc) is 2.21. The summed E-state index contributed by atoms with van der Waals surface area (Å²) in [6.45, 7) is 2.06. The number of nitrogens with two attached hydrogens (primary N) is 1. The molecule has 0 amide bonds. The molecule has 0 spiro atoms. The lowest BCUT2D eigenvalue weighted by Gasteiger charge is -2.31. The molecule has 0 saturated heterocycles. The van der Waals surface area contributed by atoms with Crippen LogP contribution in [-0.2, 0) is 0 Å². The number of nitrogen functional groups attached to an aromatic ring is 1. The van der Waals surface area contributed by atoms with Crippen molar-refractivity contribution >= 4 is 17.5 Å². The smallest absolute Gasteiger partial charge is 0.332 e. The predicted octanol–water partition coefficient (Wildman–Crippen LogP) is 0.458. The summed E-state index contributed by atoms with van der Waals surface area (Å²) < 4.78 is 0. The number of hydrogen-bond acceptors (Lipinski definition) is 7. The molecule has 18 heavy (non-hydrogen) atoms. The Hall–Kier alpha value is -1.96. The maximum absolute atomic E-state index is 10.9. The van der Waals surface area contributed by atoms with Gasteiger partial charge in [0, 0.05) is 6.54 Å². The molecule has 0 atom stereocenters. The van der Waals surface area contributed by atoms with E-state index in [0.29, 0.717) is 25.3 Å². The first kappa shape index (κ1) is 12.5. The van der Waals surface area contributed by atoms with Crippen molar-refractivity contribution in [1.29, 1.82) is 0 Å². The second kappa shape index (κ2) is 4.73. The first-order valence-corrected chi connectivity index (χ1v) is 5.67. The fourth-order valence-corrected chi connectivity index (χ4v) is 2.04. The van der Waals surface area contributed by atoms with E-state index in [1.54, 1.807) is 0 Å². The molecule has 98 valence electrons. The van der Waals surface area contributed by atoms with Gasteiger partial charge in [0.1, 0.15) is 5.69 Å². The third-order valence-corrected chi connectivity index (χ3v) is 3.03. The van der Waals surface area contributed by atoms with E-state index in [0.717, 1.165) is 0 Å². The molecule has 2 rings (SSSR count). The number of aliphatic hydroxyl groups is 1. The van der Waals surface area contributed by atoms with Crippen LogP contribution in [0.25, 0.3) is 0 Å². The molecule has 1 aliphatic rings. The third-order valence-electron chi connectivity index (χ3n) is 3.03. The van der Waals surface area contributed by atoms with Crippen LogP contribution in [-0.4, -0.2) is 32.6 Å². The minimum absolute atomic E-state index is 0.00856. The lowest BCUT2D eigenvalue weighted by molar-refractivity contribution is -0.385. The Morgan fingerprint density at radius 3 is 2.78 bits per heavy atom. The first-order valence-electron chi connectivity index (χ1n) is 5.67. The van der Waals surface area contributed by atoms with Crippen molar-refractivity contribution in [3.8, 4) is 0 Å². The normalized spacial score (nSPS) is 22.3. The van der Waals surface area contributed by atoms with E-state index < -0.39 is 4.92 Å². The molecule has 0 aliphatic heterocycles. The lowest BCUT2D eigenvalue weighted by Crippen LogP contribution is -2.33. The summed E-state index contributed by atoms with van der Waals surface area (Å²) in [5, 5.41) is 23.0. The highest BCUT2D eigenvalue weighted by Crippen LogP contribution is 2.30. The van der Waals surface area contributed by atoms with Gasteiger partial charge in [0.2, 0.25) is 11.8 Å². The highest BCUT2D eigenvalue weighted by Gasteiger charge is 2.28. The summed E-state index contributed by atoms with van der Waals surface area (Å²) >= 11 is 0. The second-order valence-corrected chi connectivity index (χ2v) is 4.49. The Bertz CT molecular complexity index is 473. The molecule has 1 heterocycles. The van der Waals surface area contributed by atoms with E-state index in [1.165, 1.54) is 6.92 Å². The second-order valence-electron chi connectivity index (χ2n) is 4.49. The summed E-state index contributed by atoms with van der Waals surface area (Å²) in [6, 6.07) is 0. The van der Waals surface area contributed by atoms with Crippen molar-refractivity contribution < 1.29 is 10.0 Å². The van der Waals surface area contributed by atoms with Crippen molar-refractivity contribution in [2.45, 2.75) is 25.9 Å². The van der Waals surface area contributed by atoms with Gasteiger partial charge in [-0.2, -0.15) is 4.98 Å². The molecule has 8 heteroatoms. The summed E-state index contributed by atoms with van der Waals surface area (Å²) in [4.78, 5) is 18.0. The van der Waals surface area contributed by atoms with Gasteiger partial charge in [0.25, 0.3) is 0 Å². The van der Waals surface area contributed by atoms with E-state index in [4.69, 9.17) is 10.8 Å². The summed E-state index contributed by atoms with van der Waals surface area (Å²) in [6.07, 6.45) is 1.17. The van der Waals surface area contributed by atoms with Crippen LogP contribution in [0.1, 0.15) is 18.5 Å². The Balaban J connectivity index is 2.12. The van der Waals surface area contributed by atoms with Crippen LogP contribution in [0.2, 0.25) is 0 Å². The van der Waals surface area contributed by atoms with Crippen molar-refractivity contribution in [3.63, 3.8) is 0 Å². The number of aromatic nitrogens is 2. The number of hydrogen-bond donors (Lipinski definition) is 3. The Labute approximate surface area is 103 Å². The zero-order valence-corrected chi connectivity index (χ0v) is 9.96. The van der Waals surface area contributed by atoms with Crippen LogP contribution in [0.3, 0.4) is 0 Å². The third kappa shape index (κ3) is 2.48. The Morgan fingerprint density at radius 2 is 2.22 bits per heavy atom. The summed E-state index contributed by atoms with van der Waals surface area (Å²) in [7, 11) is 0. The maximum Gasteiger partial charge on any atom is 0.332 e. The standard InChI is InChI=1S/C10H15N5O3/c1-5-8(15(17)18)9(14-10(11)13-5)12-4-6-2-7(16)3-6/h6-7,16H,2-4H2,1H3,(H3,11,12,13,14). The predicted molar refractivity (Wildman–Crippen MR) is 65.1 cm³/mol. The highest BCUT2D eigenvalue weighted by atomic mass is 16.6. The molecule has 1 fully saturated rings. The molecule has 1 aromatic rings. The van der Waals surface area contributed by atoms with Gasteiger partial charge in [0.15, 0.2) is 0 Å². The van der Waals surface area contributed by atoms with Crippen molar-refractivity contribution in [2.75, 3.05) is 17.6 Å². The van der Waals surface area contributed by atoms with Crippen LogP contribution < -0.4 is 11.1 Å². The van der Waals surface area contributed by atoms with Crippen LogP contribution >= 0.6 is 0 Å². The van der Waals surface area contributed by atoms with Crippen LogP contribution in [0.4, 0.5) is 17.5 Å². The lowest BCUT2D eigenvalue weighted by atomic mass is 9.82. The molecule has 4 N–H and O–H groups in total. The van der Waals surface area contributed by atoms with Gasteiger partial charge in [-0.25, -0.2) is 4.98 Å². The van der Waals surface area contributed by atoms with E-state index in [9.17, 15) is 10.1 Å². The monoisotopic (exact) mass is 253 g/mol. The number of nitro groups is 1. The maximum atomic E-state index is 10.9. The van der Waals surface area contributed by atoms with E-state index in [-0.39, 0.29) is 29.3 Å². The number of aliphatic hydroxyl groups excluding tert-OH is 1. The average molecular weight is 253 g/mol. The number of aryl methyl sites for hydroxylation is 1. The van der Waals surface area contributed by atoms with Gasteiger partial charge in [-0.3, -0.25) is 10.1 Å². The number of nitrogens with zero attached hydrogens (tertiary/aromatic N) is 3. The first-order chi connectivity index (χ1) is 8.47. The van der Waals surface area contributed by atoms with Crippen LogP contribution in [0.15, 0.2) is 0 Å². The minimum Gasteiger partial charge on any atom is -0.393 e. The number of nitrogens with one attached hydrogen (secondary N) is 1. The molecule has 0 aromatic carbocycles. The van der Waals surface area contributed by atoms with Crippen molar-refractivity contribution in [2.24, 2.45) is 5.92 Å². The van der Waals surface area contributed by atoms with E-state index >= 15 is 0 Å². The molecule has 0 radical (unpaired) electrons. The molecule has 8 nitrogen and oxygen atoms in total. The van der Waals surface area contributed by atoms with Crippen molar-refractivity contribution in [1.82, 2.24) is 9.97 Å². The Morgan fingerprint density at radius 1 is 1.56 bits per heavy atom. The van der Waals surface area contributed by atoms with Gasteiger partial charge < -0.3 is 16.2 Å². The van der Waals surface area contributed by atoms with E-state index in [2.05, 4.69) is 15.3 Å². The summed E-state index contributed by atoms with van der Waals surface area (Å²) in [5.41, 5.74) is 5.57. The van der Waals surface area contributed by atoms with E-state index in [1.807, 2.05) is 0 Å². The van der Waals surface area contributed by atoms with Gasteiger partial charge in [-0.05, 0) is 25.7 Å². The molecule has 1 saturated carbocycles. The van der Waals surface area contributed by atoms with Gasteiger partial charge in [0.05, 0.1) is 11.0 Å². The quantitative estimate of drug-likeness (QED) is 0.525. The number of rotatable bonds is 4. The van der Waals surface area contributed by atoms with Crippen LogP contribution in [0, 0.1) is 23.0 Å². The summed E-state index contributed by atoms with van der Waals surface area (Å²) in [5.74, 6) is 0.469. The fraction of sp³-hybridized carbons (Fsp3) is 0.600. The van der Waals surface area contributed by atoms with Crippen molar-refractivity contribution in [3.05, 3.63) is 15.8 Å². The molecule has 1 aromatic heterocycles. The zero-order valence-electron chi connectivity index (χ0n) is 9.96. The SMILES string of the molecule is Cc1nc(N)nc(NCC2CC(O)C2)c1[N+](=O)[O-]. The topological polar surface area (TPSA) is 127 Å². The molecular weight excluding hydrogens is 238 g/mol. The number of anilines is 2. The fourth-order valence-electron chi connectivity index (χ4n) is 2.04. The van der Waals surface area contributed by atoms with Gasteiger partial charge in [-0.15, -0.1) is 0 Å². The molecule has 1 aliphatic carbocycles. The highest BCUT2D eigenvalue weighted by molar-refractivity contribution is 5.60. The largest absolute Gasteiger partial charge is 0.393 e. The van der Waals surface area contributed by atoms with Gasteiger partial charge in [-0.1, -0.05) is 0 Å². The molecular formula is C10H15N5O3. The minimum atomic E-state index is -0.521. The Kier molecular flexibility index (Phi) is 3.28. The zero-order chi connectivity index (χ0) is 13.3.